The zero-order valence-electron chi connectivity index (χ0n) is 13.8. The summed E-state index contributed by atoms with van der Waals surface area (Å²) in [5.74, 6) is -0.0953. The van der Waals surface area contributed by atoms with Crippen molar-refractivity contribution in [2.24, 2.45) is 0 Å². The quantitative estimate of drug-likeness (QED) is 0.590. The van der Waals surface area contributed by atoms with Crippen LogP contribution in [-0.2, 0) is 11.2 Å². The lowest BCUT2D eigenvalue weighted by molar-refractivity contribution is -0.115. The average molecular weight is 363 g/mol. The second-order valence-electron chi connectivity index (χ2n) is 5.88. The minimum Gasteiger partial charge on any atom is -0.326 e. The van der Waals surface area contributed by atoms with Gasteiger partial charge in [-0.25, -0.2) is 0 Å². The topological polar surface area (TPSA) is 59.8 Å². The van der Waals surface area contributed by atoms with Gasteiger partial charge < -0.3 is 5.32 Å². The fourth-order valence-corrected chi connectivity index (χ4v) is 2.79. The molecule has 128 valence electrons. The van der Waals surface area contributed by atoms with Gasteiger partial charge in [-0.3, -0.25) is 4.79 Å². The molecule has 1 aromatic heterocycles. The van der Waals surface area contributed by atoms with Crippen LogP contribution in [0.4, 0.5) is 5.69 Å². The summed E-state index contributed by atoms with van der Waals surface area (Å²) in [5.41, 5.74) is 3.97. The predicted octanol–water partition coefficient (Wildman–Crippen LogP) is 4.26. The molecule has 0 saturated carbocycles. The third-order valence-corrected chi connectivity index (χ3v) is 4.18. The van der Waals surface area contributed by atoms with Crippen molar-refractivity contribution in [3.8, 4) is 5.69 Å². The van der Waals surface area contributed by atoms with Crippen LogP contribution in [0.15, 0.2) is 72.8 Å². The summed E-state index contributed by atoms with van der Waals surface area (Å²) in [4.78, 5) is 13.8. The van der Waals surface area contributed by atoms with E-state index in [0.717, 1.165) is 22.3 Å². The Balaban J connectivity index is 1.52. The third-order valence-electron chi connectivity index (χ3n) is 3.93. The number of amides is 1. The monoisotopic (exact) mass is 362 g/mol. The number of fused-ring (bicyclic) bond motifs is 1. The van der Waals surface area contributed by atoms with Gasteiger partial charge in [-0.15, -0.1) is 10.2 Å². The Morgan fingerprint density at radius 2 is 1.65 bits per heavy atom. The van der Waals surface area contributed by atoms with Gasteiger partial charge in [-0.2, -0.15) is 4.80 Å². The second-order valence-corrected chi connectivity index (χ2v) is 6.32. The van der Waals surface area contributed by atoms with E-state index in [1.165, 1.54) is 0 Å². The number of carbonyl (C=O) groups is 1. The van der Waals surface area contributed by atoms with Crippen molar-refractivity contribution in [1.82, 2.24) is 15.0 Å². The highest BCUT2D eigenvalue weighted by Gasteiger charge is 2.08. The number of rotatable bonds is 4. The van der Waals surface area contributed by atoms with Gasteiger partial charge in [0.2, 0.25) is 5.91 Å². The predicted molar refractivity (Wildman–Crippen MR) is 103 cm³/mol. The Labute approximate surface area is 155 Å². The zero-order valence-corrected chi connectivity index (χ0v) is 14.5. The number of nitrogens with one attached hydrogen (secondary N) is 1. The van der Waals surface area contributed by atoms with Crippen LogP contribution in [0, 0.1) is 0 Å². The van der Waals surface area contributed by atoms with Crippen molar-refractivity contribution in [3.63, 3.8) is 0 Å². The van der Waals surface area contributed by atoms with Crippen molar-refractivity contribution in [2.75, 3.05) is 5.32 Å². The summed E-state index contributed by atoms with van der Waals surface area (Å²) in [6.07, 6.45) is 0.284. The molecule has 0 radical (unpaired) electrons. The highest BCUT2D eigenvalue weighted by molar-refractivity contribution is 6.30. The van der Waals surface area contributed by atoms with Crippen LogP contribution < -0.4 is 5.32 Å². The molecule has 6 heteroatoms. The molecule has 0 saturated heterocycles. The number of carbonyl (C=O) groups excluding carboxylic acids is 1. The standard InChI is InChI=1S/C20H15ClN4O/c21-15-8-6-14(7-9-15)12-20(26)22-16-10-11-18-19(13-16)24-25(23-18)17-4-2-1-3-5-17/h1-11,13H,12H2,(H,22,26). The number of hydrogen-bond donors (Lipinski definition) is 1. The molecule has 0 atom stereocenters. The van der Waals surface area contributed by atoms with E-state index < -0.39 is 0 Å². The summed E-state index contributed by atoms with van der Waals surface area (Å²) in [7, 11) is 0. The van der Waals surface area contributed by atoms with Crippen molar-refractivity contribution < 1.29 is 4.79 Å². The number of halogens is 1. The van der Waals surface area contributed by atoms with Gasteiger partial charge in [0.1, 0.15) is 11.0 Å². The van der Waals surface area contributed by atoms with Crippen LogP contribution in [0.5, 0.6) is 0 Å². The van der Waals surface area contributed by atoms with Gasteiger partial charge in [0.15, 0.2) is 0 Å². The summed E-state index contributed by atoms with van der Waals surface area (Å²) < 4.78 is 0. The maximum absolute atomic E-state index is 12.2. The third kappa shape index (κ3) is 3.58. The molecule has 0 bridgehead atoms. The molecule has 26 heavy (non-hydrogen) atoms. The molecular formula is C20H15ClN4O. The molecule has 0 unspecified atom stereocenters. The van der Waals surface area contributed by atoms with Crippen LogP contribution >= 0.6 is 11.6 Å². The minimum absolute atomic E-state index is 0.0953. The molecule has 4 aromatic rings. The van der Waals surface area contributed by atoms with Crippen LogP contribution in [0.1, 0.15) is 5.56 Å². The zero-order chi connectivity index (χ0) is 17.9. The molecule has 1 heterocycles. The maximum Gasteiger partial charge on any atom is 0.228 e. The van der Waals surface area contributed by atoms with Gasteiger partial charge in [-0.05, 0) is 48.0 Å². The van der Waals surface area contributed by atoms with E-state index in [1.54, 1.807) is 16.9 Å². The lowest BCUT2D eigenvalue weighted by Gasteiger charge is -2.05. The van der Waals surface area contributed by atoms with Crippen molar-refractivity contribution in [3.05, 3.63) is 83.4 Å². The largest absolute Gasteiger partial charge is 0.326 e. The Hall–Kier alpha value is -3.18. The molecule has 0 aliphatic rings. The van der Waals surface area contributed by atoms with Crippen LogP contribution in [-0.4, -0.2) is 20.9 Å². The van der Waals surface area contributed by atoms with Gasteiger partial charge >= 0.3 is 0 Å². The number of anilines is 1. The molecule has 0 aliphatic heterocycles. The summed E-state index contributed by atoms with van der Waals surface area (Å²) in [6, 6.07) is 22.4. The van der Waals surface area contributed by atoms with Gasteiger partial charge in [0.25, 0.3) is 0 Å². The normalized spacial score (nSPS) is 10.8. The van der Waals surface area contributed by atoms with Crippen molar-refractivity contribution in [1.29, 1.82) is 0 Å². The van der Waals surface area contributed by atoms with E-state index in [9.17, 15) is 4.79 Å². The second kappa shape index (κ2) is 6.98. The highest BCUT2D eigenvalue weighted by atomic mass is 35.5. The molecule has 4 rings (SSSR count). The van der Waals surface area contributed by atoms with Gasteiger partial charge in [-0.1, -0.05) is 41.9 Å². The van der Waals surface area contributed by atoms with Crippen molar-refractivity contribution >= 4 is 34.2 Å². The summed E-state index contributed by atoms with van der Waals surface area (Å²) in [6.45, 7) is 0. The molecule has 1 N–H and O–H groups in total. The fraction of sp³-hybridized carbons (Fsp3) is 0.0500. The van der Waals surface area contributed by atoms with E-state index >= 15 is 0 Å². The average Bonchev–Trinajstić information content (AvgIpc) is 3.08. The summed E-state index contributed by atoms with van der Waals surface area (Å²) in [5, 5.41) is 12.5. The van der Waals surface area contributed by atoms with E-state index in [0.29, 0.717) is 10.7 Å². The molecule has 1 amide bonds. The SMILES string of the molecule is O=C(Cc1ccc(Cl)cc1)Nc1ccc2nn(-c3ccccc3)nc2c1. The lowest BCUT2D eigenvalue weighted by atomic mass is 10.1. The molecule has 0 spiro atoms. The Morgan fingerprint density at radius 1 is 0.923 bits per heavy atom. The smallest absolute Gasteiger partial charge is 0.228 e. The summed E-state index contributed by atoms with van der Waals surface area (Å²) >= 11 is 5.86. The van der Waals surface area contributed by atoms with Crippen LogP contribution in [0.2, 0.25) is 5.02 Å². The van der Waals surface area contributed by atoms with E-state index in [4.69, 9.17) is 11.6 Å². The number of hydrogen-bond acceptors (Lipinski definition) is 3. The first-order valence-electron chi connectivity index (χ1n) is 8.14. The van der Waals surface area contributed by atoms with E-state index in [-0.39, 0.29) is 12.3 Å². The first kappa shape index (κ1) is 16.3. The Bertz CT molecular complexity index is 1060. The molecule has 0 aliphatic carbocycles. The molecule has 5 nitrogen and oxygen atoms in total. The molecular weight excluding hydrogens is 348 g/mol. The van der Waals surface area contributed by atoms with Gasteiger partial charge in [0, 0.05) is 10.7 Å². The van der Waals surface area contributed by atoms with Crippen LogP contribution in [0.3, 0.4) is 0 Å². The fourth-order valence-electron chi connectivity index (χ4n) is 2.66. The van der Waals surface area contributed by atoms with Crippen molar-refractivity contribution in [2.45, 2.75) is 6.42 Å². The first-order chi connectivity index (χ1) is 12.7. The van der Waals surface area contributed by atoms with E-state index in [2.05, 4.69) is 15.5 Å². The maximum atomic E-state index is 12.2. The number of benzene rings is 3. The first-order valence-corrected chi connectivity index (χ1v) is 8.52. The van der Waals surface area contributed by atoms with Gasteiger partial charge in [0.05, 0.1) is 12.1 Å². The minimum atomic E-state index is -0.0953. The Morgan fingerprint density at radius 3 is 2.42 bits per heavy atom. The highest BCUT2D eigenvalue weighted by Crippen LogP contribution is 2.18. The lowest BCUT2D eigenvalue weighted by Crippen LogP contribution is -2.14. The van der Waals surface area contributed by atoms with Crippen LogP contribution in [0.25, 0.3) is 16.7 Å². The van der Waals surface area contributed by atoms with E-state index in [1.807, 2.05) is 60.7 Å². The number of para-hydroxylation sites is 1. The number of aromatic nitrogens is 3. The Kier molecular flexibility index (Phi) is 4.37. The number of nitrogens with zero attached hydrogens (tertiary/aromatic N) is 3. The molecule has 0 fully saturated rings. The molecule has 3 aromatic carbocycles.